The number of hydrogen-bond donors (Lipinski definition) is 3. The van der Waals surface area contributed by atoms with Crippen LogP contribution in [0.15, 0.2) is 42.6 Å². The minimum atomic E-state index is -0.273. The first-order valence-corrected chi connectivity index (χ1v) is 9.81. The predicted octanol–water partition coefficient (Wildman–Crippen LogP) is 4.46. The van der Waals surface area contributed by atoms with E-state index in [1.807, 2.05) is 19.1 Å². The number of amides is 1. The molecule has 1 saturated carbocycles. The number of hydrogen-bond acceptors (Lipinski definition) is 3. The molecule has 6 heteroatoms. The Morgan fingerprint density at radius 3 is 2.61 bits per heavy atom. The molecule has 1 aromatic carbocycles. The van der Waals surface area contributed by atoms with Crippen LogP contribution in [0.2, 0.25) is 0 Å². The summed E-state index contributed by atoms with van der Waals surface area (Å²) in [6.45, 7) is 2.05. The summed E-state index contributed by atoms with van der Waals surface area (Å²) >= 11 is 0. The van der Waals surface area contributed by atoms with Crippen molar-refractivity contribution in [2.45, 2.75) is 38.6 Å². The maximum Gasteiger partial charge on any atom is 0.227 e. The van der Waals surface area contributed by atoms with Gasteiger partial charge in [0.1, 0.15) is 11.5 Å². The molecule has 2 heterocycles. The van der Waals surface area contributed by atoms with Crippen molar-refractivity contribution in [1.29, 1.82) is 0 Å². The van der Waals surface area contributed by atoms with Gasteiger partial charge in [0, 0.05) is 29.2 Å². The van der Waals surface area contributed by atoms with Gasteiger partial charge in [-0.05, 0) is 80.5 Å². The zero-order valence-corrected chi connectivity index (χ0v) is 15.9. The van der Waals surface area contributed by atoms with Crippen LogP contribution in [-0.2, 0) is 4.79 Å². The Morgan fingerprint density at radius 2 is 1.93 bits per heavy atom. The number of fused-ring (bicyclic) bond motifs is 1. The maximum atomic E-state index is 13.2. The number of nitrogens with two attached hydrogens (primary N) is 1. The van der Waals surface area contributed by atoms with Crippen LogP contribution in [0.5, 0.6) is 0 Å². The van der Waals surface area contributed by atoms with E-state index in [1.54, 1.807) is 18.3 Å². The Bertz CT molecular complexity index is 972. The highest BCUT2D eigenvalue weighted by molar-refractivity contribution is 6.02. The smallest absolute Gasteiger partial charge is 0.227 e. The highest BCUT2D eigenvalue weighted by Gasteiger charge is 2.28. The molecule has 0 aliphatic heterocycles. The molecule has 0 spiro atoms. The number of anilines is 1. The molecular weight excluding hydrogens is 355 g/mol. The molecule has 5 nitrogen and oxygen atoms in total. The first-order valence-electron chi connectivity index (χ1n) is 9.81. The highest BCUT2D eigenvalue weighted by Crippen LogP contribution is 2.32. The Morgan fingerprint density at radius 1 is 1.21 bits per heavy atom. The number of nitrogens with one attached hydrogen (secondary N) is 2. The molecule has 1 amide bonds. The standard InChI is InChI=1S/C22H25FN4O/c1-13(24)14-2-4-16(5-3-14)22(28)27-19-10-11-25-21-18(19)12-20(26-21)15-6-8-17(23)9-7-15/h6-14,16H,2-5,24H2,1H3,(H2,25,26,27,28)/t13-,14-,16-/m1/s1. The second-order valence-electron chi connectivity index (χ2n) is 7.77. The third-order valence-corrected chi connectivity index (χ3v) is 5.83. The number of H-pyrrole nitrogens is 1. The predicted molar refractivity (Wildman–Crippen MR) is 109 cm³/mol. The second kappa shape index (κ2) is 7.72. The van der Waals surface area contributed by atoms with Gasteiger partial charge in [0.25, 0.3) is 0 Å². The van der Waals surface area contributed by atoms with Gasteiger partial charge in [0.15, 0.2) is 0 Å². The lowest BCUT2D eigenvalue weighted by molar-refractivity contribution is -0.121. The van der Waals surface area contributed by atoms with E-state index in [-0.39, 0.29) is 23.7 Å². The van der Waals surface area contributed by atoms with Gasteiger partial charge in [-0.25, -0.2) is 9.37 Å². The summed E-state index contributed by atoms with van der Waals surface area (Å²) in [6.07, 6.45) is 5.43. The molecule has 146 valence electrons. The van der Waals surface area contributed by atoms with E-state index in [0.29, 0.717) is 11.6 Å². The molecular formula is C22H25FN4O. The number of aromatic nitrogens is 2. The lowest BCUT2D eigenvalue weighted by Gasteiger charge is -2.30. The van der Waals surface area contributed by atoms with Crippen LogP contribution in [0.3, 0.4) is 0 Å². The molecule has 1 aliphatic carbocycles. The van der Waals surface area contributed by atoms with Gasteiger partial charge in [0.05, 0.1) is 5.69 Å². The average molecular weight is 380 g/mol. The Kier molecular flexibility index (Phi) is 5.13. The molecule has 0 unspecified atom stereocenters. The molecule has 0 radical (unpaired) electrons. The van der Waals surface area contributed by atoms with Gasteiger partial charge in [0.2, 0.25) is 5.91 Å². The fourth-order valence-corrected chi connectivity index (χ4v) is 4.06. The number of carbonyl (C=O) groups is 1. The third kappa shape index (κ3) is 3.78. The van der Waals surface area contributed by atoms with Crippen molar-refractivity contribution in [3.63, 3.8) is 0 Å². The molecule has 3 aromatic rings. The zero-order valence-electron chi connectivity index (χ0n) is 15.9. The molecule has 1 atom stereocenters. The first kappa shape index (κ1) is 18.6. The number of aromatic amines is 1. The molecule has 4 N–H and O–H groups in total. The summed E-state index contributed by atoms with van der Waals surface area (Å²) in [5, 5.41) is 3.93. The SMILES string of the molecule is C[C@@H](N)[C@H]1CC[C@H](C(=O)Nc2ccnc3[nH]c(-c4ccc(F)cc4)cc23)CC1. The van der Waals surface area contributed by atoms with Crippen LogP contribution in [-0.4, -0.2) is 21.9 Å². The van der Waals surface area contributed by atoms with E-state index in [9.17, 15) is 9.18 Å². The van der Waals surface area contributed by atoms with Crippen LogP contribution in [0.1, 0.15) is 32.6 Å². The van der Waals surface area contributed by atoms with E-state index in [2.05, 4.69) is 15.3 Å². The van der Waals surface area contributed by atoms with Gasteiger partial charge in [-0.15, -0.1) is 0 Å². The minimum absolute atomic E-state index is 0.0220. The van der Waals surface area contributed by atoms with Crippen molar-refractivity contribution in [3.8, 4) is 11.3 Å². The van der Waals surface area contributed by atoms with Crippen LogP contribution in [0.25, 0.3) is 22.3 Å². The van der Waals surface area contributed by atoms with Crippen molar-refractivity contribution in [2.75, 3.05) is 5.32 Å². The van der Waals surface area contributed by atoms with Crippen molar-refractivity contribution in [2.24, 2.45) is 17.6 Å². The second-order valence-corrected chi connectivity index (χ2v) is 7.77. The molecule has 4 rings (SSSR count). The molecule has 28 heavy (non-hydrogen) atoms. The normalized spacial score (nSPS) is 20.8. The van der Waals surface area contributed by atoms with Gasteiger partial charge in [-0.2, -0.15) is 0 Å². The third-order valence-electron chi connectivity index (χ3n) is 5.83. The van der Waals surface area contributed by atoms with Crippen LogP contribution in [0, 0.1) is 17.7 Å². The maximum absolute atomic E-state index is 13.2. The van der Waals surface area contributed by atoms with E-state index in [1.165, 1.54) is 12.1 Å². The topological polar surface area (TPSA) is 83.8 Å². The fraction of sp³-hybridized carbons (Fsp3) is 0.364. The number of carbonyl (C=O) groups excluding carboxylic acids is 1. The summed E-state index contributed by atoms with van der Waals surface area (Å²) in [5.74, 6) is 0.318. The summed E-state index contributed by atoms with van der Waals surface area (Å²) in [4.78, 5) is 20.4. The van der Waals surface area contributed by atoms with E-state index >= 15 is 0 Å². The number of rotatable bonds is 4. The zero-order chi connectivity index (χ0) is 19.7. The van der Waals surface area contributed by atoms with Gasteiger partial charge < -0.3 is 16.0 Å². The number of pyridine rings is 1. The summed E-state index contributed by atoms with van der Waals surface area (Å²) < 4.78 is 13.2. The van der Waals surface area contributed by atoms with E-state index in [4.69, 9.17) is 5.73 Å². The van der Waals surface area contributed by atoms with Gasteiger partial charge >= 0.3 is 0 Å². The Balaban J connectivity index is 1.52. The van der Waals surface area contributed by atoms with Crippen molar-refractivity contribution in [3.05, 3.63) is 48.4 Å². The van der Waals surface area contributed by atoms with Crippen molar-refractivity contribution in [1.82, 2.24) is 9.97 Å². The number of nitrogens with zero attached hydrogens (tertiary/aromatic N) is 1. The van der Waals surface area contributed by atoms with Crippen molar-refractivity contribution < 1.29 is 9.18 Å². The van der Waals surface area contributed by atoms with Crippen molar-refractivity contribution >= 4 is 22.6 Å². The average Bonchev–Trinajstić information content (AvgIpc) is 3.14. The van der Waals surface area contributed by atoms with Crippen LogP contribution >= 0.6 is 0 Å². The van der Waals surface area contributed by atoms with Gasteiger partial charge in [-0.3, -0.25) is 4.79 Å². The van der Waals surface area contributed by atoms with Gasteiger partial charge in [-0.1, -0.05) is 0 Å². The largest absolute Gasteiger partial charge is 0.339 e. The first-order chi connectivity index (χ1) is 13.5. The van der Waals surface area contributed by atoms with Crippen LogP contribution in [0.4, 0.5) is 10.1 Å². The Labute approximate surface area is 163 Å². The van der Waals surface area contributed by atoms with E-state index in [0.717, 1.165) is 48.0 Å². The lowest BCUT2D eigenvalue weighted by Crippen LogP contribution is -2.33. The lowest BCUT2D eigenvalue weighted by atomic mass is 9.79. The summed E-state index contributed by atoms with van der Waals surface area (Å²) in [5.41, 5.74) is 9.14. The minimum Gasteiger partial charge on any atom is -0.339 e. The molecule has 1 fully saturated rings. The van der Waals surface area contributed by atoms with Crippen LogP contribution < -0.4 is 11.1 Å². The highest BCUT2D eigenvalue weighted by atomic mass is 19.1. The fourth-order valence-electron chi connectivity index (χ4n) is 4.06. The number of halogens is 1. The number of benzene rings is 1. The molecule has 1 aliphatic rings. The Hall–Kier alpha value is -2.73. The monoisotopic (exact) mass is 380 g/mol. The summed E-state index contributed by atoms with van der Waals surface area (Å²) in [6, 6.07) is 10.2. The molecule has 0 saturated heterocycles. The molecule has 2 aromatic heterocycles. The van der Waals surface area contributed by atoms with E-state index < -0.39 is 0 Å². The summed E-state index contributed by atoms with van der Waals surface area (Å²) in [7, 11) is 0. The molecule has 0 bridgehead atoms. The quantitative estimate of drug-likeness (QED) is 0.625.